The molecular weight excluding hydrogens is 376 g/mol. The number of nitrogens with zero attached hydrogens (tertiary/aromatic N) is 2. The van der Waals surface area contributed by atoms with E-state index in [1.165, 1.54) is 0 Å². The number of carbonyl (C=O) groups excluding carboxylic acids is 1. The second-order valence-corrected chi connectivity index (χ2v) is 12.6. The summed E-state index contributed by atoms with van der Waals surface area (Å²) in [7, 11) is 4.09. The normalized spacial score (nSPS) is 16.6. The SMILES string of the molecule is CCC(C)(CO)C(C)(C)N(C(=O)C(C)(C)CC(C)(C)N(C)C)C(C)(C)C(C)(C)CO. The number of hydrogen-bond acceptors (Lipinski definition) is 4. The molecule has 0 radical (unpaired) electrons. The number of aliphatic hydroxyl groups excluding tert-OH is 2. The molecule has 0 aromatic carbocycles. The maximum absolute atomic E-state index is 14.3. The van der Waals surface area contributed by atoms with Gasteiger partial charge in [-0.05, 0) is 68.5 Å². The van der Waals surface area contributed by atoms with Crippen molar-refractivity contribution >= 4 is 5.91 Å². The van der Waals surface area contributed by atoms with Gasteiger partial charge in [-0.25, -0.2) is 0 Å². The molecule has 0 aromatic rings. The molecule has 2 N–H and O–H groups in total. The number of aliphatic hydroxyl groups is 2. The zero-order valence-electron chi connectivity index (χ0n) is 22.5. The standard InChI is InChI=1S/C25H52N2O3/c1-15-25(12,18-29)24(10,11)27(23(8,9)21(4,5)17-28)19(30)20(2,3)16-22(6,7)26(13)14/h28-29H,15-18H2,1-14H3. The van der Waals surface area contributed by atoms with Gasteiger partial charge in [0.25, 0.3) is 0 Å². The second-order valence-electron chi connectivity index (χ2n) is 12.6. The number of hydrogen-bond donors (Lipinski definition) is 2. The highest BCUT2D eigenvalue weighted by atomic mass is 16.3. The Labute approximate surface area is 187 Å². The summed E-state index contributed by atoms with van der Waals surface area (Å²) >= 11 is 0. The lowest BCUT2D eigenvalue weighted by Gasteiger charge is -2.61. The van der Waals surface area contributed by atoms with E-state index in [4.69, 9.17) is 0 Å². The van der Waals surface area contributed by atoms with Crippen molar-refractivity contribution in [1.82, 2.24) is 9.80 Å². The van der Waals surface area contributed by atoms with Crippen LogP contribution >= 0.6 is 0 Å². The predicted octanol–water partition coefficient (Wildman–Crippen LogP) is 4.56. The highest BCUT2D eigenvalue weighted by molar-refractivity contribution is 5.84. The van der Waals surface area contributed by atoms with Crippen molar-refractivity contribution in [2.75, 3.05) is 27.3 Å². The van der Waals surface area contributed by atoms with Crippen LogP contribution in [0.4, 0.5) is 0 Å². The van der Waals surface area contributed by atoms with Gasteiger partial charge in [0.05, 0.1) is 13.2 Å². The van der Waals surface area contributed by atoms with E-state index in [2.05, 4.69) is 39.5 Å². The van der Waals surface area contributed by atoms with Gasteiger partial charge in [0.2, 0.25) is 5.91 Å². The molecule has 0 rings (SSSR count). The summed E-state index contributed by atoms with van der Waals surface area (Å²) in [6.45, 7) is 24.6. The van der Waals surface area contributed by atoms with E-state index in [0.717, 1.165) is 6.42 Å². The Hall–Kier alpha value is -0.650. The fourth-order valence-corrected chi connectivity index (χ4v) is 4.33. The molecule has 5 heteroatoms. The molecule has 0 aliphatic heterocycles. The summed E-state index contributed by atoms with van der Waals surface area (Å²) in [6.07, 6.45) is 1.43. The maximum atomic E-state index is 14.3. The van der Waals surface area contributed by atoms with E-state index in [1.54, 1.807) is 0 Å². The Bertz CT molecular complexity index is 585. The number of amides is 1. The molecule has 1 unspecified atom stereocenters. The fourth-order valence-electron chi connectivity index (χ4n) is 4.33. The zero-order valence-corrected chi connectivity index (χ0v) is 22.5. The molecule has 1 amide bonds. The van der Waals surface area contributed by atoms with Crippen molar-refractivity contribution < 1.29 is 15.0 Å². The van der Waals surface area contributed by atoms with Crippen LogP contribution < -0.4 is 0 Å². The smallest absolute Gasteiger partial charge is 0.229 e. The van der Waals surface area contributed by atoms with Crippen LogP contribution in [0, 0.1) is 16.2 Å². The molecule has 0 heterocycles. The van der Waals surface area contributed by atoms with Crippen molar-refractivity contribution in [2.45, 2.75) is 113 Å². The van der Waals surface area contributed by atoms with E-state index in [0.29, 0.717) is 6.42 Å². The Balaban J connectivity index is 6.78. The van der Waals surface area contributed by atoms with Crippen LogP contribution in [-0.2, 0) is 4.79 Å². The van der Waals surface area contributed by atoms with E-state index in [9.17, 15) is 15.0 Å². The van der Waals surface area contributed by atoms with Gasteiger partial charge in [0.15, 0.2) is 0 Å². The third-order valence-electron chi connectivity index (χ3n) is 8.64. The van der Waals surface area contributed by atoms with Crippen LogP contribution in [0.2, 0.25) is 0 Å². The van der Waals surface area contributed by atoms with Crippen LogP contribution in [0.5, 0.6) is 0 Å². The largest absolute Gasteiger partial charge is 0.396 e. The molecule has 0 saturated heterocycles. The van der Waals surface area contributed by atoms with E-state index in [1.807, 2.05) is 67.5 Å². The van der Waals surface area contributed by atoms with Gasteiger partial charge >= 0.3 is 0 Å². The monoisotopic (exact) mass is 428 g/mol. The van der Waals surface area contributed by atoms with Gasteiger partial charge in [-0.1, -0.05) is 41.5 Å². The molecule has 1 atom stereocenters. The molecule has 30 heavy (non-hydrogen) atoms. The van der Waals surface area contributed by atoms with Gasteiger partial charge in [-0.3, -0.25) is 4.79 Å². The molecule has 0 aliphatic rings. The quantitative estimate of drug-likeness (QED) is 0.506. The van der Waals surface area contributed by atoms with Crippen molar-refractivity contribution in [3.05, 3.63) is 0 Å². The number of carbonyl (C=O) groups is 1. The maximum Gasteiger partial charge on any atom is 0.229 e. The first kappa shape index (κ1) is 29.4. The van der Waals surface area contributed by atoms with E-state index in [-0.39, 0.29) is 24.7 Å². The van der Waals surface area contributed by atoms with Crippen LogP contribution in [0.1, 0.15) is 95.9 Å². The third-order valence-corrected chi connectivity index (χ3v) is 8.64. The summed E-state index contributed by atoms with van der Waals surface area (Å²) in [5, 5.41) is 20.6. The third kappa shape index (κ3) is 5.21. The van der Waals surface area contributed by atoms with Gasteiger partial charge in [-0.2, -0.15) is 0 Å². The van der Waals surface area contributed by atoms with Gasteiger partial charge in [-0.15, -0.1) is 0 Å². The average Bonchev–Trinajstić information content (AvgIpc) is 2.58. The molecule has 0 aliphatic carbocycles. The lowest BCUT2D eigenvalue weighted by molar-refractivity contribution is -0.179. The van der Waals surface area contributed by atoms with E-state index >= 15 is 0 Å². The summed E-state index contributed by atoms with van der Waals surface area (Å²) in [4.78, 5) is 18.5. The minimum atomic E-state index is -0.645. The molecule has 180 valence electrons. The second kappa shape index (κ2) is 9.07. The summed E-state index contributed by atoms with van der Waals surface area (Å²) in [6, 6.07) is 0. The van der Waals surface area contributed by atoms with Crippen molar-refractivity contribution in [3.63, 3.8) is 0 Å². The molecule has 0 spiro atoms. The highest BCUT2D eigenvalue weighted by Gasteiger charge is 2.57. The average molecular weight is 429 g/mol. The molecular formula is C25H52N2O3. The zero-order chi connectivity index (χ0) is 24.6. The van der Waals surface area contributed by atoms with Gasteiger partial charge in [0, 0.05) is 32.9 Å². The van der Waals surface area contributed by atoms with Gasteiger partial charge < -0.3 is 20.0 Å². The van der Waals surface area contributed by atoms with Crippen LogP contribution in [0.25, 0.3) is 0 Å². The van der Waals surface area contributed by atoms with E-state index < -0.39 is 27.3 Å². The van der Waals surface area contributed by atoms with Crippen molar-refractivity contribution in [1.29, 1.82) is 0 Å². The first-order valence-corrected chi connectivity index (χ1v) is 11.4. The molecule has 0 fully saturated rings. The Morgan fingerprint density at radius 2 is 1.20 bits per heavy atom. The highest BCUT2D eigenvalue weighted by Crippen LogP contribution is 2.49. The predicted molar refractivity (Wildman–Crippen MR) is 128 cm³/mol. The first-order valence-electron chi connectivity index (χ1n) is 11.4. The first-order chi connectivity index (χ1) is 13.1. The van der Waals surface area contributed by atoms with Crippen molar-refractivity contribution in [2.24, 2.45) is 16.2 Å². The molecule has 0 bridgehead atoms. The summed E-state index contributed by atoms with van der Waals surface area (Å²) in [5.74, 6) is 0.0575. The minimum Gasteiger partial charge on any atom is -0.396 e. The van der Waals surface area contributed by atoms with Crippen molar-refractivity contribution in [3.8, 4) is 0 Å². The van der Waals surface area contributed by atoms with Crippen LogP contribution in [0.3, 0.4) is 0 Å². The molecule has 0 aromatic heterocycles. The minimum absolute atomic E-state index is 0.0144. The Kier molecular flexibility index (Phi) is 8.87. The Morgan fingerprint density at radius 3 is 1.50 bits per heavy atom. The number of rotatable bonds is 11. The van der Waals surface area contributed by atoms with Crippen LogP contribution in [-0.4, -0.2) is 69.8 Å². The lowest BCUT2D eigenvalue weighted by Crippen LogP contribution is -2.71. The fraction of sp³-hybridized carbons (Fsp3) is 0.960. The molecule has 5 nitrogen and oxygen atoms in total. The molecule has 0 saturated carbocycles. The summed E-state index contributed by atoms with van der Waals surface area (Å²) in [5.41, 5.74) is -3.08. The topological polar surface area (TPSA) is 64.0 Å². The summed E-state index contributed by atoms with van der Waals surface area (Å²) < 4.78 is 0. The Morgan fingerprint density at radius 1 is 0.767 bits per heavy atom. The van der Waals surface area contributed by atoms with Crippen LogP contribution in [0.15, 0.2) is 0 Å². The van der Waals surface area contributed by atoms with Gasteiger partial charge in [0.1, 0.15) is 0 Å². The lowest BCUT2D eigenvalue weighted by atomic mass is 9.64.